The van der Waals surface area contributed by atoms with Gasteiger partial charge in [-0.1, -0.05) is 5.16 Å². The van der Waals surface area contributed by atoms with Gasteiger partial charge in [-0.05, 0) is 6.92 Å². The monoisotopic (exact) mass is 154 g/mol. The molecule has 1 radical (unpaired) electrons. The van der Waals surface area contributed by atoms with Crippen LogP contribution in [0.4, 0.5) is 0 Å². The number of carbonyl (C=O) groups is 1. The summed E-state index contributed by atoms with van der Waals surface area (Å²) in [6, 6.07) is 1.56. The highest BCUT2D eigenvalue weighted by molar-refractivity contribution is 6.44. The van der Waals surface area contributed by atoms with Crippen molar-refractivity contribution in [2.75, 3.05) is 6.54 Å². The summed E-state index contributed by atoms with van der Waals surface area (Å²) in [4.78, 5) is 14.8. The Bertz CT molecular complexity index is 204. The Morgan fingerprint density at radius 3 is 2.91 bits per heavy atom. The number of nitrogens with zero attached hydrogens (tertiary/aromatic N) is 2. The molecule has 0 fully saturated rings. The minimum absolute atomic E-state index is 0.332. The molecule has 59 valence electrons. The number of carbonyl (C=O) groups excluding carboxylic acids is 1. The standard InChI is InChI=1S/C6H8N3O2/c1-3-8-6(10)5(4-7)9-11-2/h2-3H2,1H3,(H,8,10)/b9-5+. The molecule has 0 rings (SSSR count). The lowest BCUT2D eigenvalue weighted by molar-refractivity contribution is -0.114. The van der Waals surface area contributed by atoms with Crippen LogP contribution in [0.25, 0.3) is 0 Å². The third-order valence-corrected chi connectivity index (χ3v) is 0.814. The fourth-order valence-electron chi connectivity index (χ4n) is 0.421. The van der Waals surface area contributed by atoms with E-state index in [1.807, 2.05) is 0 Å². The summed E-state index contributed by atoms with van der Waals surface area (Å²) >= 11 is 0. The molecule has 0 bridgehead atoms. The molecule has 0 aromatic rings. The van der Waals surface area contributed by atoms with Gasteiger partial charge in [-0.15, -0.1) is 0 Å². The topological polar surface area (TPSA) is 74.5 Å². The maximum Gasteiger partial charge on any atom is 0.284 e. The average molecular weight is 154 g/mol. The fraction of sp³-hybridized carbons (Fsp3) is 0.333. The Labute approximate surface area is 64.6 Å². The maximum absolute atomic E-state index is 10.8. The number of nitrogens with one attached hydrogen (secondary N) is 1. The van der Waals surface area contributed by atoms with E-state index in [1.165, 1.54) is 0 Å². The molecule has 0 aliphatic carbocycles. The zero-order chi connectivity index (χ0) is 8.69. The van der Waals surface area contributed by atoms with Crippen LogP contribution in [0, 0.1) is 18.4 Å². The van der Waals surface area contributed by atoms with Crippen LogP contribution < -0.4 is 5.32 Å². The third kappa shape index (κ3) is 3.20. The van der Waals surface area contributed by atoms with Gasteiger partial charge in [0.25, 0.3) is 5.91 Å². The summed E-state index contributed by atoms with van der Waals surface area (Å²) in [5, 5.41) is 13.8. The Hall–Kier alpha value is -1.57. The van der Waals surface area contributed by atoms with Crippen LogP contribution >= 0.6 is 0 Å². The summed E-state index contributed by atoms with van der Waals surface area (Å²) in [7, 11) is 2.90. The van der Waals surface area contributed by atoms with Crippen molar-refractivity contribution in [3.05, 3.63) is 7.11 Å². The lowest BCUT2D eigenvalue weighted by Crippen LogP contribution is -2.29. The zero-order valence-electron chi connectivity index (χ0n) is 6.13. The summed E-state index contributed by atoms with van der Waals surface area (Å²) in [6.45, 7) is 2.18. The number of amides is 1. The van der Waals surface area contributed by atoms with E-state index in [2.05, 4.69) is 22.4 Å². The summed E-state index contributed by atoms with van der Waals surface area (Å²) in [6.07, 6.45) is 0. The molecule has 0 aliphatic heterocycles. The van der Waals surface area contributed by atoms with Crippen molar-refractivity contribution < 1.29 is 9.63 Å². The van der Waals surface area contributed by atoms with Crippen molar-refractivity contribution in [3.63, 3.8) is 0 Å². The Balaban J connectivity index is 4.18. The molecule has 1 N–H and O–H groups in total. The Morgan fingerprint density at radius 2 is 2.55 bits per heavy atom. The van der Waals surface area contributed by atoms with Crippen molar-refractivity contribution in [1.29, 1.82) is 5.26 Å². The average Bonchev–Trinajstić information content (AvgIpc) is 2.00. The molecule has 0 aliphatic rings. The van der Waals surface area contributed by atoms with E-state index in [9.17, 15) is 4.79 Å². The second-order valence-electron chi connectivity index (χ2n) is 1.54. The van der Waals surface area contributed by atoms with Gasteiger partial charge in [0.2, 0.25) is 5.71 Å². The highest BCUT2D eigenvalue weighted by Crippen LogP contribution is 1.79. The van der Waals surface area contributed by atoms with Gasteiger partial charge in [0.1, 0.15) is 6.07 Å². The second-order valence-corrected chi connectivity index (χ2v) is 1.54. The summed E-state index contributed by atoms with van der Waals surface area (Å²) in [5.41, 5.74) is -0.332. The van der Waals surface area contributed by atoms with Gasteiger partial charge in [0.15, 0.2) is 7.11 Å². The molecule has 0 saturated carbocycles. The van der Waals surface area contributed by atoms with Crippen molar-refractivity contribution in [3.8, 4) is 6.07 Å². The first-order valence-corrected chi connectivity index (χ1v) is 2.93. The lowest BCUT2D eigenvalue weighted by atomic mass is 10.4. The number of hydrogen-bond acceptors (Lipinski definition) is 4. The fourth-order valence-corrected chi connectivity index (χ4v) is 0.421. The lowest BCUT2D eigenvalue weighted by Gasteiger charge is -1.96. The van der Waals surface area contributed by atoms with Crippen LogP contribution in [-0.4, -0.2) is 18.2 Å². The van der Waals surface area contributed by atoms with Gasteiger partial charge in [-0.3, -0.25) is 4.79 Å². The van der Waals surface area contributed by atoms with E-state index in [0.717, 1.165) is 0 Å². The molecule has 1 amide bonds. The summed E-state index contributed by atoms with van der Waals surface area (Å²) < 4.78 is 0. The molecule has 0 saturated heterocycles. The Morgan fingerprint density at radius 1 is 1.91 bits per heavy atom. The van der Waals surface area contributed by atoms with Gasteiger partial charge in [0, 0.05) is 6.54 Å². The largest absolute Gasteiger partial charge is 0.391 e. The SMILES string of the molecule is [CH2]O/N=C(\C#N)C(=O)NCC. The van der Waals surface area contributed by atoms with Crippen molar-refractivity contribution >= 4 is 11.6 Å². The normalized spacial score (nSPS) is 10.1. The molecule has 5 nitrogen and oxygen atoms in total. The van der Waals surface area contributed by atoms with E-state index in [1.54, 1.807) is 13.0 Å². The van der Waals surface area contributed by atoms with Crippen molar-refractivity contribution in [2.45, 2.75) is 6.92 Å². The molecule has 0 aromatic carbocycles. The van der Waals surface area contributed by atoms with Crippen molar-refractivity contribution in [1.82, 2.24) is 5.32 Å². The number of hydrogen-bond donors (Lipinski definition) is 1. The highest BCUT2D eigenvalue weighted by Gasteiger charge is 2.08. The van der Waals surface area contributed by atoms with Crippen LogP contribution in [-0.2, 0) is 9.63 Å². The van der Waals surface area contributed by atoms with E-state index in [4.69, 9.17) is 5.26 Å². The predicted molar refractivity (Wildman–Crippen MR) is 38.2 cm³/mol. The highest BCUT2D eigenvalue weighted by atomic mass is 16.6. The van der Waals surface area contributed by atoms with Crippen molar-refractivity contribution in [2.24, 2.45) is 5.16 Å². The number of rotatable bonds is 3. The first-order valence-electron chi connectivity index (χ1n) is 2.93. The zero-order valence-corrected chi connectivity index (χ0v) is 6.13. The van der Waals surface area contributed by atoms with Crippen LogP contribution in [0.15, 0.2) is 5.16 Å². The van der Waals surface area contributed by atoms with Gasteiger partial charge in [-0.25, -0.2) is 0 Å². The summed E-state index contributed by atoms with van der Waals surface area (Å²) in [5.74, 6) is -0.557. The molecule has 11 heavy (non-hydrogen) atoms. The molecule has 0 atom stereocenters. The van der Waals surface area contributed by atoms with Crippen LogP contribution in [0.3, 0.4) is 0 Å². The van der Waals surface area contributed by atoms with Gasteiger partial charge in [-0.2, -0.15) is 5.26 Å². The van der Waals surface area contributed by atoms with Crippen LogP contribution in [0.2, 0.25) is 0 Å². The number of oxime groups is 1. The van der Waals surface area contributed by atoms with Gasteiger partial charge < -0.3 is 10.2 Å². The quantitative estimate of drug-likeness (QED) is 0.452. The molecule has 0 heterocycles. The van der Waals surface area contributed by atoms with Gasteiger partial charge in [0.05, 0.1) is 0 Å². The van der Waals surface area contributed by atoms with E-state index in [0.29, 0.717) is 6.54 Å². The van der Waals surface area contributed by atoms with Crippen LogP contribution in [0.5, 0.6) is 0 Å². The molecular weight excluding hydrogens is 146 g/mol. The molecular formula is C6H8N3O2. The predicted octanol–water partition coefficient (Wildman–Crippen LogP) is -0.190. The van der Waals surface area contributed by atoms with Gasteiger partial charge >= 0.3 is 0 Å². The molecule has 0 aromatic heterocycles. The third-order valence-electron chi connectivity index (χ3n) is 0.814. The van der Waals surface area contributed by atoms with E-state index < -0.39 is 5.91 Å². The first-order chi connectivity index (χ1) is 5.26. The second kappa shape index (κ2) is 5.23. The smallest absolute Gasteiger partial charge is 0.284 e. The van der Waals surface area contributed by atoms with E-state index in [-0.39, 0.29) is 5.71 Å². The van der Waals surface area contributed by atoms with E-state index >= 15 is 0 Å². The minimum Gasteiger partial charge on any atom is -0.391 e. The number of nitriles is 1. The first kappa shape index (κ1) is 9.43. The molecule has 0 spiro atoms. The molecule has 5 heteroatoms. The maximum atomic E-state index is 10.8. The van der Waals surface area contributed by atoms with Crippen LogP contribution in [0.1, 0.15) is 6.92 Å². The molecule has 0 unspecified atom stereocenters. The Kier molecular flexibility index (Phi) is 4.49. The minimum atomic E-state index is -0.557.